The van der Waals surface area contributed by atoms with Gasteiger partial charge in [0.2, 0.25) is 15.9 Å². The number of hydrogen-bond donors (Lipinski definition) is 0. The van der Waals surface area contributed by atoms with E-state index in [4.69, 9.17) is 0 Å². The van der Waals surface area contributed by atoms with Crippen LogP contribution in [0.25, 0.3) is 0 Å². The van der Waals surface area contributed by atoms with E-state index in [0.717, 1.165) is 12.8 Å². The maximum absolute atomic E-state index is 12.4. The summed E-state index contributed by atoms with van der Waals surface area (Å²) in [5.74, 6) is 0.181. The molecule has 1 saturated heterocycles. The highest BCUT2D eigenvalue weighted by atomic mass is 32.2. The van der Waals surface area contributed by atoms with Crippen molar-refractivity contribution in [2.45, 2.75) is 53.5 Å². The average Bonchev–Trinajstić information content (AvgIpc) is 2.58. The van der Waals surface area contributed by atoms with E-state index in [1.165, 1.54) is 11.2 Å². The lowest BCUT2D eigenvalue weighted by Crippen LogP contribution is -2.46. The maximum Gasteiger partial charge on any atom is 0.238 e. The van der Waals surface area contributed by atoms with Crippen molar-refractivity contribution >= 4 is 15.9 Å². The van der Waals surface area contributed by atoms with Gasteiger partial charge in [-0.25, -0.2) is 12.7 Å². The molecule has 108 valence electrons. The Labute approximate surface area is 115 Å². The molecule has 0 radical (unpaired) electrons. The number of rotatable bonds is 0. The summed E-state index contributed by atoms with van der Waals surface area (Å²) in [6, 6.07) is -0.126. The van der Waals surface area contributed by atoms with Gasteiger partial charge in [-0.1, -0.05) is 27.7 Å². The zero-order valence-corrected chi connectivity index (χ0v) is 13.2. The largest absolute Gasteiger partial charge is 0.274 e. The minimum atomic E-state index is -3.44. The normalized spacial score (nSPS) is 49.4. The van der Waals surface area contributed by atoms with Crippen molar-refractivity contribution < 1.29 is 13.2 Å². The fourth-order valence-electron chi connectivity index (χ4n) is 5.67. The van der Waals surface area contributed by atoms with Crippen molar-refractivity contribution in [3.05, 3.63) is 0 Å². The lowest BCUT2D eigenvalue weighted by Gasteiger charge is -2.41. The molecule has 5 heteroatoms. The summed E-state index contributed by atoms with van der Waals surface area (Å²) in [6.07, 6.45) is 1.89. The van der Waals surface area contributed by atoms with Gasteiger partial charge in [0.15, 0.2) is 0 Å². The molecule has 3 aliphatic rings. The maximum atomic E-state index is 12.4. The summed E-state index contributed by atoms with van der Waals surface area (Å²) in [6.45, 7) is 10.2. The lowest BCUT2D eigenvalue weighted by atomic mass is 9.63. The highest BCUT2D eigenvalue weighted by molar-refractivity contribution is 7.90. The molecule has 3 fully saturated rings. The number of nitrogens with zero attached hydrogens (tertiary/aromatic N) is 1. The van der Waals surface area contributed by atoms with Crippen LogP contribution in [0.1, 0.15) is 47.5 Å². The van der Waals surface area contributed by atoms with Crippen molar-refractivity contribution in [2.24, 2.45) is 22.2 Å². The Morgan fingerprint density at radius 1 is 1.21 bits per heavy atom. The Hall–Kier alpha value is -0.580. The van der Waals surface area contributed by atoms with Crippen LogP contribution < -0.4 is 0 Å². The molecule has 2 bridgehead atoms. The fourth-order valence-corrected chi connectivity index (χ4v) is 8.30. The second-order valence-electron chi connectivity index (χ2n) is 7.62. The van der Waals surface area contributed by atoms with Gasteiger partial charge in [-0.05, 0) is 29.6 Å². The van der Waals surface area contributed by atoms with Crippen LogP contribution in [0.2, 0.25) is 0 Å². The zero-order chi connectivity index (χ0) is 14.4. The number of sulfonamides is 1. The molecule has 0 N–H and O–H groups in total. The third-order valence-electron chi connectivity index (χ3n) is 6.86. The second kappa shape index (κ2) is 3.18. The summed E-state index contributed by atoms with van der Waals surface area (Å²) in [4.78, 5) is 11.8. The molecule has 0 aromatic rings. The first-order chi connectivity index (χ1) is 8.50. The molecule has 1 amide bonds. The number of carbonyl (C=O) groups is 1. The minimum Gasteiger partial charge on any atom is -0.274 e. The molecule has 0 aromatic heterocycles. The van der Waals surface area contributed by atoms with Gasteiger partial charge in [-0.2, -0.15) is 0 Å². The third kappa shape index (κ3) is 1.17. The molecule has 0 aromatic carbocycles. The van der Waals surface area contributed by atoms with E-state index in [2.05, 4.69) is 27.7 Å². The van der Waals surface area contributed by atoms with Crippen molar-refractivity contribution in [2.75, 3.05) is 5.75 Å². The second-order valence-corrected chi connectivity index (χ2v) is 9.47. The van der Waals surface area contributed by atoms with Crippen LogP contribution in [0, 0.1) is 22.2 Å². The molecule has 3 rings (SSSR count). The molecule has 4 nitrogen and oxygen atoms in total. The Morgan fingerprint density at radius 2 is 1.79 bits per heavy atom. The summed E-state index contributed by atoms with van der Waals surface area (Å²) < 4.78 is 26.1. The first-order valence-corrected chi connectivity index (χ1v) is 8.63. The highest BCUT2D eigenvalue weighted by Crippen LogP contribution is 2.77. The number of hydrogen-bond acceptors (Lipinski definition) is 3. The predicted molar refractivity (Wildman–Crippen MR) is 72.8 cm³/mol. The van der Waals surface area contributed by atoms with E-state index in [1.807, 2.05) is 0 Å². The van der Waals surface area contributed by atoms with Gasteiger partial charge in [-0.3, -0.25) is 4.79 Å². The van der Waals surface area contributed by atoms with Gasteiger partial charge in [-0.15, -0.1) is 0 Å². The summed E-state index contributed by atoms with van der Waals surface area (Å²) >= 11 is 0. The standard InChI is InChI=1S/C14H23NO3S/c1-9-6-13(5)7-11-14(9,12(13,3)4)8-19(17,18)15(11)10(2)16/h9,11H,6-8H2,1-5H3/t9-,11+,13-,14+/m1/s1. The number of fused-ring (bicyclic) bond motifs is 1. The molecular formula is C14H23NO3S. The Bertz CT molecular complexity index is 567. The van der Waals surface area contributed by atoms with E-state index in [9.17, 15) is 13.2 Å². The fraction of sp³-hybridized carbons (Fsp3) is 0.929. The summed E-state index contributed by atoms with van der Waals surface area (Å²) in [5, 5.41) is 0. The van der Waals surface area contributed by atoms with Crippen LogP contribution in [0.5, 0.6) is 0 Å². The van der Waals surface area contributed by atoms with Crippen LogP contribution in [0.4, 0.5) is 0 Å². The quantitative estimate of drug-likeness (QED) is 0.684. The Kier molecular flexibility index (Phi) is 2.24. The molecule has 4 atom stereocenters. The summed E-state index contributed by atoms with van der Waals surface area (Å²) in [7, 11) is -3.44. The van der Waals surface area contributed by atoms with E-state index in [-0.39, 0.29) is 33.9 Å². The van der Waals surface area contributed by atoms with E-state index in [1.54, 1.807) is 0 Å². The smallest absolute Gasteiger partial charge is 0.238 e. The van der Waals surface area contributed by atoms with Crippen LogP contribution in [-0.4, -0.2) is 30.4 Å². The van der Waals surface area contributed by atoms with Crippen molar-refractivity contribution in [3.8, 4) is 0 Å². The first-order valence-electron chi connectivity index (χ1n) is 7.02. The zero-order valence-electron chi connectivity index (χ0n) is 12.4. The number of carbonyl (C=O) groups excluding carboxylic acids is 1. The van der Waals surface area contributed by atoms with E-state index in [0.29, 0.717) is 5.92 Å². The van der Waals surface area contributed by atoms with Gasteiger partial charge in [0.1, 0.15) is 0 Å². The minimum absolute atomic E-state index is 0.0403. The number of amides is 1. The van der Waals surface area contributed by atoms with Crippen LogP contribution in [0.3, 0.4) is 0 Å². The molecule has 1 heterocycles. The van der Waals surface area contributed by atoms with Gasteiger partial charge >= 0.3 is 0 Å². The lowest BCUT2D eigenvalue weighted by molar-refractivity contribution is -0.127. The van der Waals surface area contributed by atoms with Gasteiger partial charge in [0, 0.05) is 12.3 Å². The topological polar surface area (TPSA) is 54.5 Å². The van der Waals surface area contributed by atoms with Crippen LogP contribution in [-0.2, 0) is 14.8 Å². The van der Waals surface area contributed by atoms with E-state index >= 15 is 0 Å². The first kappa shape index (κ1) is 13.4. The molecule has 1 spiro atoms. The third-order valence-corrected chi connectivity index (χ3v) is 8.81. The molecule has 0 unspecified atom stereocenters. The highest BCUT2D eigenvalue weighted by Gasteiger charge is 2.78. The van der Waals surface area contributed by atoms with Gasteiger partial charge in [0.05, 0.1) is 11.8 Å². The molecule has 19 heavy (non-hydrogen) atoms. The van der Waals surface area contributed by atoms with Crippen molar-refractivity contribution in [3.63, 3.8) is 0 Å². The monoisotopic (exact) mass is 285 g/mol. The molecule has 1 aliphatic heterocycles. The van der Waals surface area contributed by atoms with Crippen molar-refractivity contribution in [1.82, 2.24) is 4.31 Å². The Morgan fingerprint density at radius 3 is 2.26 bits per heavy atom. The van der Waals surface area contributed by atoms with Gasteiger partial charge < -0.3 is 0 Å². The Balaban J connectivity index is 2.23. The van der Waals surface area contributed by atoms with Gasteiger partial charge in [0.25, 0.3) is 0 Å². The SMILES string of the molecule is CC(=O)N1[C@H]2C[C@@]3(C)C[C@@H](C)[C@]2(CS1(=O)=O)C3(C)C. The average molecular weight is 285 g/mol. The van der Waals surface area contributed by atoms with Crippen LogP contribution in [0.15, 0.2) is 0 Å². The van der Waals surface area contributed by atoms with Crippen LogP contribution >= 0.6 is 0 Å². The van der Waals surface area contributed by atoms with Crippen molar-refractivity contribution in [1.29, 1.82) is 0 Å². The molecular weight excluding hydrogens is 262 g/mol. The molecule has 2 aliphatic carbocycles. The van der Waals surface area contributed by atoms with E-state index < -0.39 is 10.0 Å². The molecule has 2 saturated carbocycles. The predicted octanol–water partition coefficient (Wildman–Crippen LogP) is 2.01. The summed E-state index contributed by atoms with van der Waals surface area (Å²) in [5.41, 5.74) is -0.158.